The van der Waals surface area contributed by atoms with Gasteiger partial charge in [-0.3, -0.25) is 5.32 Å². The maximum Gasteiger partial charge on any atom is 0.417 e. The molecule has 1 amide bonds. The molecule has 0 bridgehead atoms. The molecule has 0 saturated carbocycles. The van der Waals surface area contributed by atoms with E-state index in [4.69, 9.17) is 14.1 Å². The lowest BCUT2D eigenvalue weighted by molar-refractivity contribution is -0.0413. The summed E-state index contributed by atoms with van der Waals surface area (Å²) < 4.78 is 11.5. The highest BCUT2D eigenvalue weighted by molar-refractivity contribution is 6.05. The number of ether oxygens (including phenoxy) is 1. The minimum absolute atomic E-state index is 0.288. The molecule has 0 spiro atoms. The summed E-state index contributed by atoms with van der Waals surface area (Å²) in [7, 11) is 0. The maximum atomic E-state index is 12.7. The van der Waals surface area contributed by atoms with Crippen molar-refractivity contribution in [1.29, 1.82) is 0 Å². The Morgan fingerprint density at radius 2 is 1.68 bits per heavy atom. The molecule has 0 aliphatic rings. The molecule has 3 N–H and O–H groups in total. The number of aryl methyl sites for hydroxylation is 2. The summed E-state index contributed by atoms with van der Waals surface area (Å²) in [4.78, 5) is 17.5. The molecular weight excluding hydrogens is 432 g/mol. The zero-order valence-electron chi connectivity index (χ0n) is 18.6. The van der Waals surface area contributed by atoms with Crippen molar-refractivity contribution in [3.05, 3.63) is 89.5 Å². The third kappa shape index (κ3) is 3.87. The van der Waals surface area contributed by atoms with Crippen molar-refractivity contribution >= 4 is 33.7 Å². The molecule has 2 heterocycles. The van der Waals surface area contributed by atoms with Crippen molar-refractivity contribution in [2.24, 2.45) is 0 Å². The third-order valence-corrected chi connectivity index (χ3v) is 5.69. The summed E-state index contributed by atoms with van der Waals surface area (Å²) in [6, 6.07) is 21.4. The highest BCUT2D eigenvalue weighted by Crippen LogP contribution is 2.40. The average molecular weight is 454 g/mol. The largest absolute Gasteiger partial charge is 0.452 e. The highest BCUT2D eigenvalue weighted by atomic mass is 16.6. The number of nitrogens with zero attached hydrogens (tertiary/aromatic N) is 1. The van der Waals surface area contributed by atoms with Crippen LogP contribution >= 0.6 is 0 Å². The van der Waals surface area contributed by atoms with Crippen molar-refractivity contribution in [2.45, 2.75) is 20.1 Å². The van der Waals surface area contributed by atoms with Gasteiger partial charge in [0.2, 0.25) is 0 Å². The number of aliphatic hydroxyl groups is 2. The number of benzene rings is 3. The Morgan fingerprint density at radius 3 is 2.44 bits per heavy atom. The SMILES string of the molecule is Cc1ccc(C)c2c(C(O)O)cc(-c3oc4ccccc4c3NC(=O)Oc3ccccc3)nc12. The summed E-state index contributed by atoms with van der Waals surface area (Å²) in [5, 5.41) is 24.4. The number of carbonyl (C=O) groups excluding carboxylic acids is 1. The van der Waals surface area contributed by atoms with Crippen LogP contribution in [0.2, 0.25) is 0 Å². The van der Waals surface area contributed by atoms with Crippen LogP contribution in [0.1, 0.15) is 23.0 Å². The molecule has 0 fully saturated rings. The lowest BCUT2D eigenvalue weighted by Gasteiger charge is -2.14. The first kappa shape index (κ1) is 21.6. The first-order valence-electron chi connectivity index (χ1n) is 10.7. The number of rotatable bonds is 4. The van der Waals surface area contributed by atoms with Gasteiger partial charge >= 0.3 is 6.09 Å². The molecule has 0 atom stereocenters. The van der Waals surface area contributed by atoms with Crippen molar-refractivity contribution in [2.75, 3.05) is 5.32 Å². The molecule has 0 aliphatic heterocycles. The van der Waals surface area contributed by atoms with Crippen LogP contribution in [0.4, 0.5) is 10.5 Å². The fourth-order valence-corrected chi connectivity index (χ4v) is 4.07. The summed E-state index contributed by atoms with van der Waals surface area (Å²) >= 11 is 0. The third-order valence-electron chi connectivity index (χ3n) is 5.69. The van der Waals surface area contributed by atoms with Crippen LogP contribution in [0, 0.1) is 13.8 Å². The van der Waals surface area contributed by atoms with Crippen LogP contribution in [-0.4, -0.2) is 21.3 Å². The Hall–Kier alpha value is -4.20. The molecule has 3 aromatic carbocycles. The molecule has 170 valence electrons. The second-order valence-corrected chi connectivity index (χ2v) is 8.02. The molecule has 2 aromatic heterocycles. The van der Waals surface area contributed by atoms with E-state index < -0.39 is 12.4 Å². The first-order chi connectivity index (χ1) is 16.4. The molecule has 0 unspecified atom stereocenters. The smallest absolute Gasteiger partial charge is 0.417 e. The van der Waals surface area contributed by atoms with Gasteiger partial charge < -0.3 is 19.4 Å². The summed E-state index contributed by atoms with van der Waals surface area (Å²) in [6.45, 7) is 3.80. The zero-order valence-corrected chi connectivity index (χ0v) is 18.6. The van der Waals surface area contributed by atoms with E-state index in [0.717, 1.165) is 11.1 Å². The predicted octanol–water partition coefficient (Wildman–Crippen LogP) is 5.86. The highest BCUT2D eigenvalue weighted by Gasteiger charge is 2.23. The number of anilines is 1. The van der Waals surface area contributed by atoms with Crippen LogP contribution < -0.4 is 10.1 Å². The Kier molecular flexibility index (Phi) is 5.49. The van der Waals surface area contributed by atoms with Gasteiger partial charge in [0.25, 0.3) is 0 Å². The van der Waals surface area contributed by atoms with E-state index in [9.17, 15) is 15.0 Å². The van der Waals surface area contributed by atoms with Crippen LogP contribution in [0.5, 0.6) is 5.75 Å². The minimum Gasteiger partial charge on any atom is -0.452 e. The Balaban J connectivity index is 1.67. The standard InChI is InChI=1S/C27H22N2O5/c1-15-12-13-16(2)23-22(15)19(26(30)31)14-20(28-23)25-24(18-10-6-7-11-21(18)34-25)29-27(32)33-17-8-4-3-5-9-17/h3-14,26,30-31H,1-2H3,(H,29,32). The number of aromatic nitrogens is 1. The van der Waals surface area contributed by atoms with E-state index in [-0.39, 0.29) is 5.76 Å². The fraction of sp³-hybridized carbons (Fsp3) is 0.111. The molecule has 34 heavy (non-hydrogen) atoms. The molecule has 5 aromatic rings. The summed E-state index contributed by atoms with van der Waals surface area (Å²) in [5.74, 6) is 0.686. The molecule has 7 heteroatoms. The maximum absolute atomic E-state index is 12.7. The molecular formula is C27H22N2O5. The van der Waals surface area contributed by atoms with Crippen molar-refractivity contribution in [1.82, 2.24) is 4.98 Å². The van der Waals surface area contributed by atoms with Gasteiger partial charge in [-0.15, -0.1) is 0 Å². The van der Waals surface area contributed by atoms with E-state index in [1.165, 1.54) is 0 Å². The Morgan fingerprint density at radius 1 is 0.971 bits per heavy atom. The number of furan rings is 1. The van der Waals surface area contributed by atoms with Crippen molar-refractivity contribution < 1.29 is 24.2 Å². The number of aliphatic hydroxyl groups excluding tert-OH is 1. The molecule has 0 radical (unpaired) electrons. The quantitative estimate of drug-likeness (QED) is 0.294. The molecule has 0 saturated heterocycles. The fourth-order valence-electron chi connectivity index (χ4n) is 4.07. The van der Waals surface area contributed by atoms with E-state index >= 15 is 0 Å². The predicted molar refractivity (Wildman–Crippen MR) is 130 cm³/mol. The van der Waals surface area contributed by atoms with E-state index in [0.29, 0.717) is 44.6 Å². The minimum atomic E-state index is -1.71. The van der Waals surface area contributed by atoms with E-state index in [1.807, 2.05) is 50.2 Å². The Bertz CT molecular complexity index is 1520. The van der Waals surface area contributed by atoms with E-state index in [2.05, 4.69) is 5.32 Å². The van der Waals surface area contributed by atoms with Gasteiger partial charge in [-0.2, -0.15) is 0 Å². The molecule has 5 rings (SSSR count). The van der Waals surface area contributed by atoms with Gasteiger partial charge in [-0.25, -0.2) is 9.78 Å². The Labute approximate surface area is 195 Å². The van der Waals surface area contributed by atoms with Gasteiger partial charge in [0.05, 0.1) is 5.52 Å². The number of para-hydroxylation sites is 2. The number of amides is 1. The number of nitrogens with one attached hydrogen (secondary N) is 1. The van der Waals surface area contributed by atoms with Gasteiger partial charge in [0.15, 0.2) is 12.1 Å². The number of hydrogen-bond donors (Lipinski definition) is 3. The van der Waals surface area contributed by atoms with Gasteiger partial charge in [-0.05, 0) is 55.3 Å². The molecule has 0 aliphatic carbocycles. The first-order valence-corrected chi connectivity index (χ1v) is 10.7. The monoisotopic (exact) mass is 454 g/mol. The second kappa shape index (κ2) is 8.62. The lowest BCUT2D eigenvalue weighted by Crippen LogP contribution is -2.17. The number of carbonyl (C=O) groups is 1. The normalized spacial score (nSPS) is 11.3. The van der Waals surface area contributed by atoms with Crippen LogP contribution in [-0.2, 0) is 0 Å². The average Bonchev–Trinajstić information content (AvgIpc) is 3.19. The van der Waals surface area contributed by atoms with E-state index in [1.54, 1.807) is 36.4 Å². The van der Waals surface area contributed by atoms with Crippen molar-refractivity contribution in [3.8, 4) is 17.2 Å². The number of pyridine rings is 1. The van der Waals surface area contributed by atoms with Gasteiger partial charge in [-0.1, -0.05) is 42.5 Å². The van der Waals surface area contributed by atoms with Crippen LogP contribution in [0.25, 0.3) is 33.3 Å². The van der Waals surface area contributed by atoms with Gasteiger partial charge in [0, 0.05) is 16.3 Å². The zero-order chi connectivity index (χ0) is 23.8. The lowest BCUT2D eigenvalue weighted by atomic mass is 9.99. The summed E-state index contributed by atoms with van der Waals surface area (Å²) in [6.07, 6.45) is -2.40. The van der Waals surface area contributed by atoms with Crippen molar-refractivity contribution in [3.63, 3.8) is 0 Å². The second-order valence-electron chi connectivity index (χ2n) is 8.02. The number of fused-ring (bicyclic) bond motifs is 2. The van der Waals surface area contributed by atoms with Crippen LogP contribution in [0.15, 0.2) is 77.2 Å². The topological polar surface area (TPSA) is 105 Å². The summed E-state index contributed by atoms with van der Waals surface area (Å²) in [5.41, 5.74) is 3.96. The van der Waals surface area contributed by atoms with Crippen LogP contribution in [0.3, 0.4) is 0 Å². The number of hydrogen-bond acceptors (Lipinski definition) is 6. The molecule has 7 nitrogen and oxygen atoms in total. The van der Waals surface area contributed by atoms with Gasteiger partial charge in [0.1, 0.15) is 22.7 Å².